The highest BCUT2D eigenvalue weighted by Gasteiger charge is 2.05. The molecule has 0 saturated carbocycles. The molecule has 1 atom stereocenters. The lowest BCUT2D eigenvalue weighted by atomic mass is 10.1. The maximum atomic E-state index is 5.74. The number of nitrogens with one attached hydrogen (secondary N) is 1. The highest BCUT2D eigenvalue weighted by Crippen LogP contribution is 2.21. The molecular weight excluding hydrogens is 186 g/mol. The Hall–Kier alpha value is -1.28. The van der Waals surface area contributed by atoms with Gasteiger partial charge in [-0.2, -0.15) is 0 Å². The molecular formula is C13H19NO. The van der Waals surface area contributed by atoms with Crippen molar-refractivity contribution in [3.05, 3.63) is 42.0 Å². The molecule has 1 aromatic rings. The summed E-state index contributed by atoms with van der Waals surface area (Å²) in [5, 5.41) is 3.14. The first-order valence-electron chi connectivity index (χ1n) is 5.20. The average Bonchev–Trinajstić information content (AvgIpc) is 2.22. The van der Waals surface area contributed by atoms with Crippen LogP contribution in [0.4, 0.5) is 0 Å². The molecule has 0 heterocycles. The minimum atomic E-state index is 0.0447. The minimum Gasteiger partial charge on any atom is -0.486 e. The Balaban J connectivity index is 2.89. The second kappa shape index (κ2) is 5.56. The summed E-state index contributed by atoms with van der Waals surface area (Å²) in [5.74, 6) is 0.933. The highest BCUT2D eigenvalue weighted by atomic mass is 16.5. The molecule has 0 radical (unpaired) electrons. The second-order valence-corrected chi connectivity index (χ2v) is 3.70. The number of rotatable bonds is 5. The molecule has 0 aliphatic heterocycles. The van der Waals surface area contributed by atoms with Crippen LogP contribution in [-0.4, -0.2) is 13.2 Å². The van der Waals surface area contributed by atoms with Gasteiger partial charge in [-0.05, 0) is 27.0 Å². The zero-order valence-corrected chi connectivity index (χ0v) is 9.71. The summed E-state index contributed by atoms with van der Waals surface area (Å²) in [5.41, 5.74) is 2.44. The van der Waals surface area contributed by atoms with Gasteiger partial charge in [-0.1, -0.05) is 30.4 Å². The first-order valence-corrected chi connectivity index (χ1v) is 5.20. The number of hydrogen-bond acceptors (Lipinski definition) is 2. The lowest BCUT2D eigenvalue weighted by Gasteiger charge is -2.15. The van der Waals surface area contributed by atoms with Crippen molar-refractivity contribution in [2.24, 2.45) is 0 Å². The molecule has 1 unspecified atom stereocenters. The fourth-order valence-corrected chi connectivity index (χ4v) is 1.40. The van der Waals surface area contributed by atoms with Crippen LogP contribution in [0.1, 0.15) is 18.1 Å². The third-order valence-corrected chi connectivity index (χ3v) is 2.23. The Morgan fingerprint density at radius 3 is 2.87 bits per heavy atom. The first kappa shape index (κ1) is 11.8. The van der Waals surface area contributed by atoms with Crippen LogP contribution in [0.2, 0.25) is 0 Å². The summed E-state index contributed by atoms with van der Waals surface area (Å²) in [6, 6.07) is 6.22. The van der Waals surface area contributed by atoms with Crippen LogP contribution in [0.5, 0.6) is 5.75 Å². The van der Waals surface area contributed by atoms with Crippen molar-refractivity contribution in [1.29, 1.82) is 0 Å². The van der Waals surface area contributed by atoms with Gasteiger partial charge in [0.15, 0.2) is 0 Å². The molecule has 0 saturated heterocycles. The van der Waals surface area contributed by atoms with Crippen molar-refractivity contribution in [2.45, 2.75) is 26.5 Å². The summed E-state index contributed by atoms with van der Waals surface area (Å²) in [7, 11) is 1.93. The Morgan fingerprint density at radius 1 is 1.53 bits per heavy atom. The molecule has 82 valence electrons. The summed E-state index contributed by atoms with van der Waals surface area (Å²) < 4.78 is 5.74. The maximum Gasteiger partial charge on any atom is 0.124 e. The molecule has 15 heavy (non-hydrogen) atoms. The van der Waals surface area contributed by atoms with E-state index in [1.54, 1.807) is 6.08 Å². The van der Waals surface area contributed by atoms with Gasteiger partial charge in [-0.25, -0.2) is 0 Å². The number of aryl methyl sites for hydroxylation is 1. The summed E-state index contributed by atoms with van der Waals surface area (Å²) in [6.07, 6.45) is 1.84. The van der Waals surface area contributed by atoms with Crippen LogP contribution < -0.4 is 10.1 Å². The molecule has 0 bridgehead atoms. The largest absolute Gasteiger partial charge is 0.486 e. The molecule has 2 heteroatoms. The zero-order valence-electron chi connectivity index (χ0n) is 9.71. The zero-order chi connectivity index (χ0) is 11.3. The average molecular weight is 205 g/mol. The summed E-state index contributed by atoms with van der Waals surface area (Å²) >= 11 is 0. The fraction of sp³-hybridized carbons (Fsp3) is 0.385. The van der Waals surface area contributed by atoms with E-state index < -0.39 is 0 Å². The topological polar surface area (TPSA) is 21.3 Å². The van der Waals surface area contributed by atoms with Gasteiger partial charge < -0.3 is 10.1 Å². The monoisotopic (exact) mass is 205 g/mol. The second-order valence-electron chi connectivity index (χ2n) is 3.70. The van der Waals surface area contributed by atoms with Crippen LogP contribution >= 0.6 is 0 Å². The minimum absolute atomic E-state index is 0.0447. The summed E-state index contributed by atoms with van der Waals surface area (Å²) in [6.45, 7) is 8.60. The SMILES string of the molecule is C=CC(C)Oc1ccc(C)cc1CNC. The molecule has 1 rings (SSSR count). The molecule has 0 fully saturated rings. The molecule has 0 spiro atoms. The highest BCUT2D eigenvalue weighted by molar-refractivity contribution is 5.37. The molecule has 0 amide bonds. The molecule has 0 aromatic heterocycles. The van der Waals surface area contributed by atoms with Crippen LogP contribution in [0.25, 0.3) is 0 Å². The molecule has 0 aliphatic carbocycles. The fourth-order valence-electron chi connectivity index (χ4n) is 1.40. The Kier molecular flexibility index (Phi) is 4.37. The molecule has 2 nitrogen and oxygen atoms in total. The predicted octanol–water partition coefficient (Wildman–Crippen LogP) is 2.67. The lowest BCUT2D eigenvalue weighted by molar-refractivity contribution is 0.267. The van der Waals surface area contributed by atoms with Crippen molar-refractivity contribution < 1.29 is 4.74 Å². The standard InChI is InChI=1S/C13H19NO/c1-5-11(3)15-13-7-6-10(2)8-12(13)9-14-4/h5-8,11,14H,1,9H2,2-4H3. The van der Waals surface area contributed by atoms with Gasteiger partial charge in [0, 0.05) is 12.1 Å². The van der Waals surface area contributed by atoms with Gasteiger partial charge in [0.1, 0.15) is 11.9 Å². The van der Waals surface area contributed by atoms with E-state index in [4.69, 9.17) is 4.74 Å². The quantitative estimate of drug-likeness (QED) is 0.746. The maximum absolute atomic E-state index is 5.74. The van der Waals surface area contributed by atoms with E-state index in [9.17, 15) is 0 Å². The Morgan fingerprint density at radius 2 is 2.27 bits per heavy atom. The van der Waals surface area contributed by atoms with E-state index in [-0.39, 0.29) is 6.10 Å². The van der Waals surface area contributed by atoms with Gasteiger partial charge >= 0.3 is 0 Å². The van der Waals surface area contributed by atoms with Crippen LogP contribution in [0, 0.1) is 6.92 Å². The van der Waals surface area contributed by atoms with E-state index >= 15 is 0 Å². The van der Waals surface area contributed by atoms with Gasteiger partial charge in [0.25, 0.3) is 0 Å². The van der Waals surface area contributed by atoms with Crippen molar-refractivity contribution in [1.82, 2.24) is 5.32 Å². The van der Waals surface area contributed by atoms with Crippen molar-refractivity contribution >= 4 is 0 Å². The Bertz CT molecular complexity index is 333. The van der Waals surface area contributed by atoms with Crippen molar-refractivity contribution in [3.63, 3.8) is 0 Å². The van der Waals surface area contributed by atoms with Crippen LogP contribution in [0.3, 0.4) is 0 Å². The normalized spacial score (nSPS) is 12.2. The predicted molar refractivity (Wildman–Crippen MR) is 64.2 cm³/mol. The number of ether oxygens (including phenoxy) is 1. The smallest absolute Gasteiger partial charge is 0.124 e. The van der Waals surface area contributed by atoms with E-state index in [0.29, 0.717) is 0 Å². The number of hydrogen-bond donors (Lipinski definition) is 1. The van der Waals surface area contributed by atoms with Crippen molar-refractivity contribution in [3.8, 4) is 5.75 Å². The number of benzene rings is 1. The van der Waals surface area contributed by atoms with E-state index in [2.05, 4.69) is 31.0 Å². The van der Waals surface area contributed by atoms with Crippen LogP contribution in [-0.2, 0) is 6.54 Å². The van der Waals surface area contributed by atoms with Crippen LogP contribution in [0.15, 0.2) is 30.9 Å². The lowest BCUT2D eigenvalue weighted by Crippen LogP contribution is -2.12. The Labute approximate surface area is 92.0 Å². The van der Waals surface area contributed by atoms with Gasteiger partial charge in [-0.3, -0.25) is 0 Å². The van der Waals surface area contributed by atoms with E-state index in [1.165, 1.54) is 11.1 Å². The van der Waals surface area contributed by atoms with E-state index in [0.717, 1.165) is 12.3 Å². The molecule has 1 N–H and O–H groups in total. The van der Waals surface area contributed by atoms with E-state index in [1.807, 2.05) is 20.0 Å². The summed E-state index contributed by atoms with van der Waals surface area (Å²) in [4.78, 5) is 0. The third kappa shape index (κ3) is 3.40. The first-order chi connectivity index (χ1) is 7.17. The third-order valence-electron chi connectivity index (χ3n) is 2.23. The van der Waals surface area contributed by atoms with Gasteiger partial charge in [0.2, 0.25) is 0 Å². The van der Waals surface area contributed by atoms with Crippen molar-refractivity contribution in [2.75, 3.05) is 7.05 Å². The van der Waals surface area contributed by atoms with Gasteiger partial charge in [-0.15, -0.1) is 0 Å². The molecule has 1 aromatic carbocycles. The van der Waals surface area contributed by atoms with Gasteiger partial charge in [0.05, 0.1) is 0 Å². The molecule has 0 aliphatic rings.